The Morgan fingerprint density at radius 3 is 2.31 bits per heavy atom. The fourth-order valence-electron chi connectivity index (χ4n) is 1.97. The van der Waals surface area contributed by atoms with E-state index in [4.69, 9.17) is 12.3 Å². The minimum Gasteiger partial charge on any atom is -0.472 e. The Morgan fingerprint density at radius 1 is 0.812 bits per heavy atom. The molecule has 0 saturated carbocycles. The lowest BCUT2D eigenvalue weighted by molar-refractivity contribution is 0.654. The van der Waals surface area contributed by atoms with Crippen LogP contribution in [0.25, 0.3) is 22.1 Å². The van der Waals surface area contributed by atoms with Gasteiger partial charge in [0.1, 0.15) is 5.58 Å². The summed E-state index contributed by atoms with van der Waals surface area (Å²) in [6, 6.07) is 17.9. The second-order valence-electron chi connectivity index (χ2n) is 3.70. The van der Waals surface area contributed by atoms with Gasteiger partial charge in [-0.3, -0.25) is 0 Å². The predicted molar refractivity (Wildman–Crippen MR) is 67.0 cm³/mol. The van der Waals surface area contributed by atoms with E-state index in [0.29, 0.717) is 5.66 Å². The molecular formula is C14H9BO. The second kappa shape index (κ2) is 3.56. The topological polar surface area (TPSA) is 13.1 Å². The fraction of sp³-hybridized carbons (Fsp3) is 0. The van der Waals surface area contributed by atoms with E-state index in [1.54, 1.807) is 0 Å². The van der Waals surface area contributed by atoms with E-state index >= 15 is 0 Å². The Morgan fingerprint density at radius 2 is 1.50 bits per heavy atom. The zero-order chi connectivity index (χ0) is 11.0. The lowest BCUT2D eigenvalue weighted by Gasteiger charge is -1.99. The van der Waals surface area contributed by atoms with Crippen LogP contribution in [-0.2, 0) is 0 Å². The van der Waals surface area contributed by atoms with Crippen LogP contribution in [0.3, 0.4) is 0 Å². The predicted octanol–water partition coefficient (Wildman–Crippen LogP) is 2.89. The minimum atomic E-state index is 0.479. The summed E-state index contributed by atoms with van der Waals surface area (Å²) in [5, 5.41) is 1.06. The number of rotatable bonds is 1. The Kier molecular flexibility index (Phi) is 2.07. The highest BCUT2D eigenvalue weighted by molar-refractivity contribution is 6.36. The number of benzene rings is 2. The van der Waals surface area contributed by atoms with E-state index in [-0.39, 0.29) is 0 Å². The molecule has 0 fully saturated rings. The molecule has 2 radical (unpaired) electrons. The number of furan rings is 1. The monoisotopic (exact) mass is 204 g/mol. The van der Waals surface area contributed by atoms with E-state index in [1.807, 2.05) is 54.6 Å². The van der Waals surface area contributed by atoms with E-state index in [9.17, 15) is 0 Å². The number of para-hydroxylation sites is 1. The van der Waals surface area contributed by atoms with Crippen molar-refractivity contribution >= 4 is 24.5 Å². The number of hydrogen-bond donors (Lipinski definition) is 0. The summed E-state index contributed by atoms with van der Waals surface area (Å²) in [5.41, 5.74) is 3.38. The summed E-state index contributed by atoms with van der Waals surface area (Å²) in [4.78, 5) is 0. The molecule has 3 rings (SSSR count). The molecule has 1 heterocycles. The van der Waals surface area contributed by atoms with Gasteiger partial charge in [-0.05, 0) is 11.6 Å². The first kappa shape index (κ1) is 9.28. The standard InChI is InChI=1S/C14H9BO/c15-14-13(10-6-2-1-3-7-10)11-8-4-5-9-12(11)16-14/h1-9H. The van der Waals surface area contributed by atoms with Gasteiger partial charge >= 0.3 is 0 Å². The molecular weight excluding hydrogens is 195 g/mol. The zero-order valence-corrected chi connectivity index (χ0v) is 8.68. The number of hydrogen-bond acceptors (Lipinski definition) is 1. The zero-order valence-electron chi connectivity index (χ0n) is 8.68. The molecule has 0 bridgehead atoms. The third-order valence-corrected chi connectivity index (χ3v) is 2.69. The normalized spacial score (nSPS) is 10.8. The molecule has 0 N–H and O–H groups in total. The van der Waals surface area contributed by atoms with Crippen LogP contribution in [0.15, 0.2) is 59.0 Å². The van der Waals surface area contributed by atoms with Crippen LogP contribution in [0, 0.1) is 0 Å². The molecule has 0 aliphatic heterocycles. The molecule has 16 heavy (non-hydrogen) atoms. The molecule has 1 aromatic heterocycles. The molecule has 2 aromatic carbocycles. The van der Waals surface area contributed by atoms with E-state index in [2.05, 4.69) is 0 Å². The molecule has 0 aliphatic carbocycles. The lowest BCUT2D eigenvalue weighted by Crippen LogP contribution is -2.00. The lowest BCUT2D eigenvalue weighted by atomic mass is 9.93. The number of fused-ring (bicyclic) bond motifs is 1. The van der Waals surface area contributed by atoms with Crippen molar-refractivity contribution in [3.05, 3.63) is 54.6 Å². The molecule has 0 unspecified atom stereocenters. The van der Waals surface area contributed by atoms with E-state index in [0.717, 1.165) is 22.1 Å². The molecule has 0 amide bonds. The van der Waals surface area contributed by atoms with Gasteiger partial charge in [-0.1, -0.05) is 48.5 Å². The van der Waals surface area contributed by atoms with Gasteiger partial charge in [0.2, 0.25) is 0 Å². The molecule has 3 aromatic rings. The summed E-state index contributed by atoms with van der Waals surface area (Å²) < 4.78 is 5.53. The molecule has 0 spiro atoms. The van der Waals surface area contributed by atoms with Crippen molar-refractivity contribution in [2.75, 3.05) is 0 Å². The highest BCUT2D eigenvalue weighted by atomic mass is 16.3. The van der Waals surface area contributed by atoms with Crippen LogP contribution in [0.2, 0.25) is 0 Å². The maximum atomic E-state index is 5.92. The third-order valence-electron chi connectivity index (χ3n) is 2.69. The quantitative estimate of drug-likeness (QED) is 0.555. The van der Waals surface area contributed by atoms with Gasteiger partial charge in [-0.15, -0.1) is 0 Å². The van der Waals surface area contributed by atoms with Crippen molar-refractivity contribution in [1.82, 2.24) is 0 Å². The largest absolute Gasteiger partial charge is 0.472 e. The molecule has 0 saturated heterocycles. The van der Waals surface area contributed by atoms with Gasteiger partial charge in [0, 0.05) is 10.9 Å². The Hall–Kier alpha value is -1.96. The maximum absolute atomic E-state index is 5.92. The summed E-state index contributed by atoms with van der Waals surface area (Å²) in [7, 11) is 5.92. The van der Waals surface area contributed by atoms with Gasteiger partial charge in [0.15, 0.2) is 7.85 Å². The summed E-state index contributed by atoms with van der Waals surface area (Å²) in [5.74, 6) is 0. The highest BCUT2D eigenvalue weighted by Gasteiger charge is 2.10. The van der Waals surface area contributed by atoms with Gasteiger partial charge in [0.25, 0.3) is 0 Å². The second-order valence-corrected chi connectivity index (χ2v) is 3.70. The minimum absolute atomic E-state index is 0.479. The van der Waals surface area contributed by atoms with Gasteiger partial charge in [-0.25, -0.2) is 0 Å². The average Bonchev–Trinajstić information content (AvgIpc) is 2.66. The first-order valence-corrected chi connectivity index (χ1v) is 5.18. The summed E-state index contributed by atoms with van der Waals surface area (Å²) >= 11 is 0. The van der Waals surface area contributed by atoms with Crippen molar-refractivity contribution in [1.29, 1.82) is 0 Å². The van der Waals surface area contributed by atoms with Crippen LogP contribution in [0.5, 0.6) is 0 Å². The van der Waals surface area contributed by atoms with Crippen LogP contribution in [0.1, 0.15) is 0 Å². The first-order chi connectivity index (χ1) is 7.86. The van der Waals surface area contributed by atoms with Crippen molar-refractivity contribution in [2.24, 2.45) is 0 Å². The van der Waals surface area contributed by atoms with E-state index in [1.165, 1.54) is 0 Å². The average molecular weight is 204 g/mol. The van der Waals surface area contributed by atoms with Crippen molar-refractivity contribution in [3.63, 3.8) is 0 Å². The van der Waals surface area contributed by atoms with E-state index < -0.39 is 0 Å². The van der Waals surface area contributed by atoms with Crippen LogP contribution >= 0.6 is 0 Å². The van der Waals surface area contributed by atoms with Gasteiger partial charge in [-0.2, -0.15) is 0 Å². The Balaban J connectivity index is 2.35. The van der Waals surface area contributed by atoms with Gasteiger partial charge in [0.05, 0.1) is 5.66 Å². The van der Waals surface area contributed by atoms with Crippen LogP contribution < -0.4 is 5.66 Å². The van der Waals surface area contributed by atoms with Crippen molar-refractivity contribution < 1.29 is 4.42 Å². The van der Waals surface area contributed by atoms with Gasteiger partial charge < -0.3 is 4.42 Å². The molecule has 0 aliphatic rings. The Bertz CT molecular complexity index is 626. The van der Waals surface area contributed by atoms with Crippen molar-refractivity contribution in [2.45, 2.75) is 0 Å². The Labute approximate surface area is 95.1 Å². The van der Waals surface area contributed by atoms with Crippen molar-refractivity contribution in [3.8, 4) is 11.1 Å². The summed E-state index contributed by atoms with van der Waals surface area (Å²) in [6.07, 6.45) is 0. The smallest absolute Gasteiger partial charge is 0.168 e. The molecule has 2 heteroatoms. The SMILES string of the molecule is [B]c1oc2ccccc2c1-c1ccccc1. The maximum Gasteiger partial charge on any atom is 0.168 e. The van der Waals surface area contributed by atoms with Crippen LogP contribution in [0.4, 0.5) is 0 Å². The first-order valence-electron chi connectivity index (χ1n) is 5.18. The molecule has 1 nitrogen and oxygen atoms in total. The highest BCUT2D eigenvalue weighted by Crippen LogP contribution is 2.27. The molecule has 0 atom stereocenters. The van der Waals surface area contributed by atoms with Crippen LogP contribution in [-0.4, -0.2) is 7.85 Å². The third kappa shape index (κ3) is 1.35. The summed E-state index contributed by atoms with van der Waals surface area (Å²) in [6.45, 7) is 0. The molecule has 74 valence electrons. The fourth-order valence-corrected chi connectivity index (χ4v) is 1.97.